The molecular weight excluding hydrogens is 524 g/mol. The summed E-state index contributed by atoms with van der Waals surface area (Å²) in [7, 11) is -3.78. The van der Waals surface area contributed by atoms with Gasteiger partial charge in [0.05, 0.1) is 21.3 Å². The van der Waals surface area contributed by atoms with Gasteiger partial charge in [-0.05, 0) is 29.8 Å². The SMILES string of the molecule is O=[N+]([O-])c1cccc(C=Nn2cnnc2SC(CNS(=O)(=O)c2ccc(Cl)cc2)c2ccccc2)c1. The summed E-state index contributed by atoms with van der Waals surface area (Å²) in [4.78, 5) is 10.6. The Kier molecular flexibility index (Phi) is 8.10. The third-order valence-electron chi connectivity index (χ3n) is 4.91. The molecule has 1 atom stereocenters. The Bertz CT molecular complexity index is 1480. The second kappa shape index (κ2) is 11.4. The van der Waals surface area contributed by atoms with Gasteiger partial charge in [-0.1, -0.05) is 65.8 Å². The van der Waals surface area contributed by atoms with Gasteiger partial charge in [0, 0.05) is 29.3 Å². The lowest BCUT2D eigenvalue weighted by Gasteiger charge is -2.17. The molecule has 0 aliphatic rings. The summed E-state index contributed by atoms with van der Waals surface area (Å²) in [6.45, 7) is 0.0705. The number of nitro benzene ring substituents is 1. The molecule has 0 saturated carbocycles. The lowest BCUT2D eigenvalue weighted by Crippen LogP contribution is -2.27. The zero-order chi connectivity index (χ0) is 25.5. The lowest BCUT2D eigenvalue weighted by molar-refractivity contribution is -0.384. The molecule has 4 rings (SSSR count). The molecule has 1 aromatic heterocycles. The zero-order valence-corrected chi connectivity index (χ0v) is 20.9. The van der Waals surface area contributed by atoms with Gasteiger partial charge < -0.3 is 0 Å². The van der Waals surface area contributed by atoms with E-state index in [0.29, 0.717) is 15.7 Å². The number of hydrogen-bond donors (Lipinski definition) is 1. The number of hydrogen-bond acceptors (Lipinski definition) is 8. The minimum atomic E-state index is -3.78. The van der Waals surface area contributed by atoms with Crippen molar-refractivity contribution in [1.29, 1.82) is 0 Å². The summed E-state index contributed by atoms with van der Waals surface area (Å²) in [5, 5.41) is 23.9. The maximum absolute atomic E-state index is 12.8. The second-order valence-electron chi connectivity index (χ2n) is 7.38. The van der Waals surface area contributed by atoms with Gasteiger partial charge in [0.25, 0.3) is 5.69 Å². The third kappa shape index (κ3) is 6.55. The molecule has 0 amide bonds. The maximum Gasteiger partial charge on any atom is 0.270 e. The van der Waals surface area contributed by atoms with Crippen molar-refractivity contribution in [2.24, 2.45) is 5.10 Å². The Morgan fingerprint density at radius 2 is 1.86 bits per heavy atom. The molecule has 1 heterocycles. The summed E-state index contributed by atoms with van der Waals surface area (Å²) < 4.78 is 29.7. The van der Waals surface area contributed by atoms with Crippen molar-refractivity contribution in [2.45, 2.75) is 15.3 Å². The van der Waals surface area contributed by atoms with Gasteiger partial charge in [-0.3, -0.25) is 10.1 Å². The highest BCUT2D eigenvalue weighted by molar-refractivity contribution is 7.99. The van der Waals surface area contributed by atoms with Crippen LogP contribution >= 0.6 is 23.4 Å². The number of sulfonamides is 1. The highest BCUT2D eigenvalue weighted by atomic mass is 35.5. The van der Waals surface area contributed by atoms with Crippen molar-refractivity contribution in [3.05, 3.63) is 111 Å². The van der Waals surface area contributed by atoms with E-state index >= 15 is 0 Å². The fraction of sp³-hybridized carbons (Fsp3) is 0.0870. The molecule has 1 unspecified atom stereocenters. The van der Waals surface area contributed by atoms with E-state index in [0.717, 1.165) is 5.56 Å². The van der Waals surface area contributed by atoms with E-state index in [-0.39, 0.29) is 22.4 Å². The highest BCUT2D eigenvalue weighted by Gasteiger charge is 2.21. The number of nitrogens with zero attached hydrogens (tertiary/aromatic N) is 5. The van der Waals surface area contributed by atoms with Crippen LogP contribution in [-0.2, 0) is 10.0 Å². The number of halogens is 1. The van der Waals surface area contributed by atoms with E-state index in [1.165, 1.54) is 65.4 Å². The molecule has 0 bridgehead atoms. The first-order valence-corrected chi connectivity index (χ1v) is 13.2. The topological polar surface area (TPSA) is 132 Å². The van der Waals surface area contributed by atoms with Crippen LogP contribution in [0.3, 0.4) is 0 Å². The number of thioether (sulfide) groups is 1. The van der Waals surface area contributed by atoms with Crippen LogP contribution in [0.25, 0.3) is 0 Å². The average Bonchev–Trinajstić information content (AvgIpc) is 3.33. The monoisotopic (exact) mass is 542 g/mol. The van der Waals surface area contributed by atoms with Gasteiger partial charge in [0.15, 0.2) is 0 Å². The number of non-ortho nitro benzene ring substituents is 1. The van der Waals surface area contributed by atoms with Gasteiger partial charge in [0.1, 0.15) is 6.33 Å². The van der Waals surface area contributed by atoms with Crippen LogP contribution in [0.2, 0.25) is 5.02 Å². The summed E-state index contributed by atoms with van der Waals surface area (Å²) in [6.07, 6.45) is 2.86. The molecule has 0 spiro atoms. The van der Waals surface area contributed by atoms with Crippen molar-refractivity contribution in [3.63, 3.8) is 0 Å². The van der Waals surface area contributed by atoms with Crippen LogP contribution in [0.15, 0.2) is 100 Å². The largest absolute Gasteiger partial charge is 0.270 e. The molecule has 0 aliphatic carbocycles. The number of aromatic nitrogens is 3. The Hall–Kier alpha value is -3.58. The average molecular weight is 543 g/mol. The predicted octanol–water partition coefficient (Wildman–Crippen LogP) is 4.53. The van der Waals surface area contributed by atoms with E-state index < -0.39 is 14.9 Å². The first kappa shape index (κ1) is 25.5. The molecule has 0 saturated heterocycles. The molecule has 184 valence electrons. The van der Waals surface area contributed by atoms with Crippen molar-refractivity contribution in [2.75, 3.05) is 6.54 Å². The Morgan fingerprint density at radius 3 is 2.58 bits per heavy atom. The molecular formula is C23H19ClN6O4S2. The van der Waals surface area contributed by atoms with E-state index in [1.807, 2.05) is 30.3 Å². The fourth-order valence-electron chi connectivity index (χ4n) is 3.13. The van der Waals surface area contributed by atoms with Gasteiger partial charge >= 0.3 is 0 Å². The first-order chi connectivity index (χ1) is 17.3. The molecule has 1 N–H and O–H groups in total. The third-order valence-corrected chi connectivity index (χ3v) is 7.81. The minimum Gasteiger partial charge on any atom is -0.258 e. The molecule has 0 radical (unpaired) electrons. The van der Waals surface area contributed by atoms with Crippen LogP contribution in [0.1, 0.15) is 16.4 Å². The summed E-state index contributed by atoms with van der Waals surface area (Å²) in [6, 6.07) is 21.3. The van der Waals surface area contributed by atoms with Gasteiger partial charge in [0.2, 0.25) is 15.2 Å². The molecule has 36 heavy (non-hydrogen) atoms. The molecule has 4 aromatic rings. The van der Waals surface area contributed by atoms with Crippen LogP contribution in [0, 0.1) is 10.1 Å². The summed E-state index contributed by atoms with van der Waals surface area (Å²) >= 11 is 7.15. The highest BCUT2D eigenvalue weighted by Crippen LogP contribution is 2.34. The van der Waals surface area contributed by atoms with E-state index in [2.05, 4.69) is 20.0 Å². The lowest BCUT2D eigenvalue weighted by atomic mass is 10.1. The Morgan fingerprint density at radius 1 is 1.11 bits per heavy atom. The van der Waals surface area contributed by atoms with Crippen LogP contribution in [0.4, 0.5) is 5.69 Å². The molecule has 0 fully saturated rings. The number of rotatable bonds is 10. The Balaban J connectivity index is 1.54. The number of nitrogens with one attached hydrogen (secondary N) is 1. The number of nitro groups is 1. The quantitative estimate of drug-likeness (QED) is 0.135. The smallest absolute Gasteiger partial charge is 0.258 e. The fourth-order valence-corrected chi connectivity index (χ4v) is 5.42. The summed E-state index contributed by atoms with van der Waals surface area (Å²) in [5.41, 5.74) is 1.36. The van der Waals surface area contributed by atoms with Crippen molar-refractivity contribution >= 4 is 45.3 Å². The predicted molar refractivity (Wildman–Crippen MR) is 138 cm³/mol. The van der Waals surface area contributed by atoms with Crippen LogP contribution < -0.4 is 4.72 Å². The zero-order valence-electron chi connectivity index (χ0n) is 18.5. The van der Waals surface area contributed by atoms with Crippen molar-refractivity contribution in [3.8, 4) is 0 Å². The summed E-state index contributed by atoms with van der Waals surface area (Å²) in [5.74, 6) is 0. The normalized spacial score (nSPS) is 12.6. The molecule has 3 aromatic carbocycles. The Labute approximate surface area is 216 Å². The first-order valence-electron chi connectivity index (χ1n) is 10.5. The van der Waals surface area contributed by atoms with Gasteiger partial charge in [-0.15, -0.1) is 10.2 Å². The molecule has 10 nitrogen and oxygen atoms in total. The van der Waals surface area contributed by atoms with Crippen LogP contribution in [0.5, 0.6) is 0 Å². The standard InChI is InChI=1S/C23H19ClN6O4S2/c24-19-9-11-21(12-10-19)36(33,34)27-15-22(18-6-2-1-3-7-18)35-23-28-25-16-29(23)26-14-17-5-4-8-20(13-17)30(31)32/h1-14,16,22,27H,15H2. The minimum absolute atomic E-state index is 0.0468. The second-order valence-corrected chi connectivity index (χ2v) is 10.8. The van der Waals surface area contributed by atoms with Crippen LogP contribution in [-0.4, -0.2) is 41.0 Å². The van der Waals surface area contributed by atoms with Crippen molar-refractivity contribution < 1.29 is 13.3 Å². The van der Waals surface area contributed by atoms with Gasteiger partial charge in [-0.25, -0.2) is 13.1 Å². The van der Waals surface area contributed by atoms with Crippen molar-refractivity contribution in [1.82, 2.24) is 19.6 Å². The van der Waals surface area contributed by atoms with E-state index in [1.54, 1.807) is 12.1 Å². The molecule has 13 heteroatoms. The maximum atomic E-state index is 12.8. The number of benzene rings is 3. The van der Waals surface area contributed by atoms with E-state index in [9.17, 15) is 18.5 Å². The van der Waals surface area contributed by atoms with E-state index in [4.69, 9.17) is 11.6 Å². The van der Waals surface area contributed by atoms with Gasteiger partial charge in [-0.2, -0.15) is 9.78 Å². The molecule has 0 aliphatic heterocycles.